The molecule has 0 aromatic heterocycles. The molecule has 0 aromatic carbocycles. The van der Waals surface area contributed by atoms with Crippen molar-refractivity contribution < 1.29 is 4.79 Å². The van der Waals surface area contributed by atoms with Gasteiger partial charge < -0.3 is 5.41 Å². The molecule has 0 spiro atoms. The van der Waals surface area contributed by atoms with Crippen molar-refractivity contribution in [2.24, 2.45) is 0 Å². The molecule has 1 amide bonds. The maximum Gasteiger partial charge on any atom is 0.271 e. The molecule has 0 saturated heterocycles. The van der Waals surface area contributed by atoms with E-state index in [1.165, 1.54) is 11.9 Å². The molecule has 0 aromatic rings. The summed E-state index contributed by atoms with van der Waals surface area (Å²) in [7, 11) is 0. The van der Waals surface area contributed by atoms with Crippen LogP contribution in [0, 0.1) is 5.41 Å². The third kappa shape index (κ3) is 3.32. The molecule has 0 fully saturated rings. The van der Waals surface area contributed by atoms with Gasteiger partial charge in [0.1, 0.15) is 0 Å². The first kappa shape index (κ1) is 6.49. The summed E-state index contributed by atoms with van der Waals surface area (Å²) in [6.45, 7) is 0. The Morgan fingerprint density at radius 2 is 2.57 bits per heavy atom. The van der Waals surface area contributed by atoms with Gasteiger partial charge in [0.15, 0.2) is 0 Å². The van der Waals surface area contributed by atoms with E-state index >= 15 is 0 Å². The second-order valence-corrected chi connectivity index (χ2v) is 1.43. The molecule has 0 saturated carbocycles. The molecular formula is C3H6N2OS. The molecule has 0 unspecified atom stereocenters. The highest BCUT2D eigenvalue weighted by molar-refractivity contribution is 7.97. The van der Waals surface area contributed by atoms with E-state index in [1.54, 1.807) is 6.26 Å². The number of hydrogen-bond donors (Lipinski definition) is 2. The molecule has 0 atom stereocenters. The summed E-state index contributed by atoms with van der Waals surface area (Å²) in [4.78, 5) is 10.0. The van der Waals surface area contributed by atoms with Crippen LogP contribution in [0.4, 0.5) is 0 Å². The summed E-state index contributed by atoms with van der Waals surface area (Å²) in [6, 6.07) is 0. The van der Waals surface area contributed by atoms with E-state index in [1.807, 2.05) is 0 Å². The summed E-state index contributed by atoms with van der Waals surface area (Å²) in [5.41, 5.74) is 0. The SMILES string of the molecule is CSNC(=O)C=N. The lowest BCUT2D eigenvalue weighted by Gasteiger charge is -1.88. The highest BCUT2D eigenvalue weighted by Crippen LogP contribution is 1.77. The molecule has 40 valence electrons. The maximum absolute atomic E-state index is 10.0. The van der Waals surface area contributed by atoms with Gasteiger partial charge >= 0.3 is 0 Å². The Morgan fingerprint density at radius 1 is 2.00 bits per heavy atom. The zero-order valence-electron chi connectivity index (χ0n) is 3.89. The first-order valence-electron chi connectivity index (χ1n) is 1.64. The Kier molecular flexibility index (Phi) is 3.40. The zero-order valence-corrected chi connectivity index (χ0v) is 4.71. The third-order valence-electron chi connectivity index (χ3n) is 0.334. The van der Waals surface area contributed by atoms with E-state index in [9.17, 15) is 4.79 Å². The molecule has 0 aliphatic carbocycles. The molecule has 0 bridgehead atoms. The highest BCUT2D eigenvalue weighted by atomic mass is 32.2. The van der Waals surface area contributed by atoms with Crippen LogP contribution in [-0.2, 0) is 4.79 Å². The van der Waals surface area contributed by atoms with Crippen molar-refractivity contribution in [2.45, 2.75) is 0 Å². The van der Waals surface area contributed by atoms with Gasteiger partial charge in [0.2, 0.25) is 0 Å². The van der Waals surface area contributed by atoms with Crippen molar-refractivity contribution in [3.63, 3.8) is 0 Å². The Bertz CT molecular complexity index is 83.0. The van der Waals surface area contributed by atoms with Crippen molar-refractivity contribution >= 4 is 24.1 Å². The van der Waals surface area contributed by atoms with E-state index in [0.29, 0.717) is 0 Å². The second kappa shape index (κ2) is 3.67. The van der Waals surface area contributed by atoms with Crippen molar-refractivity contribution in [2.75, 3.05) is 6.26 Å². The molecule has 3 nitrogen and oxygen atoms in total. The molecule has 0 rings (SSSR count). The van der Waals surface area contributed by atoms with Gasteiger partial charge in [-0.05, 0) is 0 Å². The van der Waals surface area contributed by atoms with Crippen molar-refractivity contribution in [3.05, 3.63) is 0 Å². The van der Waals surface area contributed by atoms with Crippen LogP contribution >= 0.6 is 11.9 Å². The lowest BCUT2D eigenvalue weighted by Crippen LogP contribution is -2.14. The van der Waals surface area contributed by atoms with E-state index in [4.69, 9.17) is 5.41 Å². The van der Waals surface area contributed by atoms with Crippen LogP contribution in [0.25, 0.3) is 0 Å². The van der Waals surface area contributed by atoms with Crippen LogP contribution in [0.1, 0.15) is 0 Å². The zero-order chi connectivity index (χ0) is 5.70. The maximum atomic E-state index is 10.0. The Balaban J connectivity index is 3.17. The van der Waals surface area contributed by atoms with Gasteiger partial charge in [-0.3, -0.25) is 9.52 Å². The average molecular weight is 118 g/mol. The predicted molar refractivity (Wildman–Crippen MR) is 30.4 cm³/mol. The van der Waals surface area contributed by atoms with Gasteiger partial charge in [0.05, 0.1) is 6.21 Å². The smallest absolute Gasteiger partial charge is 0.271 e. The summed E-state index contributed by atoms with van der Waals surface area (Å²) in [6.07, 6.45) is 2.46. The predicted octanol–water partition coefficient (Wildman–Crippen LogP) is 0.0302. The number of amides is 1. The van der Waals surface area contributed by atoms with E-state index in [-0.39, 0.29) is 5.91 Å². The first-order chi connectivity index (χ1) is 3.31. The Labute approximate surface area is 46.1 Å². The summed E-state index contributed by atoms with van der Waals surface area (Å²) < 4.78 is 2.33. The summed E-state index contributed by atoms with van der Waals surface area (Å²) in [5, 5.41) is 6.36. The molecule has 7 heavy (non-hydrogen) atoms. The van der Waals surface area contributed by atoms with Crippen molar-refractivity contribution in [1.29, 1.82) is 5.41 Å². The number of carbonyl (C=O) groups excluding carboxylic acids is 1. The molecule has 2 N–H and O–H groups in total. The van der Waals surface area contributed by atoms with E-state index in [2.05, 4.69) is 4.72 Å². The average Bonchev–Trinajstić information content (AvgIpc) is 1.68. The number of carbonyl (C=O) groups is 1. The molecule has 0 aliphatic rings. The van der Waals surface area contributed by atoms with Gasteiger partial charge in [0.25, 0.3) is 5.91 Å². The fraction of sp³-hybridized carbons (Fsp3) is 0.333. The van der Waals surface area contributed by atoms with Gasteiger partial charge in [0, 0.05) is 6.26 Å². The van der Waals surface area contributed by atoms with Crippen LogP contribution < -0.4 is 4.72 Å². The fourth-order valence-corrected chi connectivity index (χ4v) is 0.390. The molecule has 0 aliphatic heterocycles. The third-order valence-corrected chi connectivity index (χ3v) is 0.739. The van der Waals surface area contributed by atoms with Gasteiger partial charge in [-0.1, -0.05) is 11.9 Å². The molecule has 4 heteroatoms. The van der Waals surface area contributed by atoms with Crippen LogP contribution in [-0.4, -0.2) is 18.4 Å². The molecular weight excluding hydrogens is 112 g/mol. The minimum absolute atomic E-state index is 0.368. The van der Waals surface area contributed by atoms with E-state index in [0.717, 1.165) is 6.21 Å². The number of hydrogen-bond acceptors (Lipinski definition) is 3. The van der Waals surface area contributed by atoms with Crippen LogP contribution in [0.15, 0.2) is 0 Å². The van der Waals surface area contributed by atoms with Crippen molar-refractivity contribution in [1.82, 2.24) is 4.72 Å². The first-order valence-corrected chi connectivity index (χ1v) is 2.87. The normalized spacial score (nSPS) is 7.57. The van der Waals surface area contributed by atoms with Crippen LogP contribution in [0.3, 0.4) is 0 Å². The lowest BCUT2D eigenvalue weighted by atomic mass is 10.7. The largest absolute Gasteiger partial charge is 0.303 e. The van der Waals surface area contributed by atoms with Crippen LogP contribution in [0.5, 0.6) is 0 Å². The van der Waals surface area contributed by atoms with Gasteiger partial charge in [-0.25, -0.2) is 0 Å². The topological polar surface area (TPSA) is 53.0 Å². The van der Waals surface area contributed by atoms with Gasteiger partial charge in [-0.2, -0.15) is 0 Å². The lowest BCUT2D eigenvalue weighted by molar-refractivity contribution is -0.112. The summed E-state index contributed by atoms with van der Waals surface area (Å²) in [5.74, 6) is -0.368. The fourth-order valence-electron chi connectivity index (χ4n) is 0.130. The number of nitrogens with one attached hydrogen (secondary N) is 2. The number of rotatable bonds is 2. The standard InChI is InChI=1S/C3H6N2OS/c1-7-5-3(6)2-4/h2,4H,1H3,(H,5,6). The Hall–Kier alpha value is -0.510. The summed E-state index contributed by atoms with van der Waals surface area (Å²) >= 11 is 1.18. The van der Waals surface area contributed by atoms with Gasteiger partial charge in [-0.15, -0.1) is 0 Å². The minimum atomic E-state index is -0.368. The van der Waals surface area contributed by atoms with E-state index < -0.39 is 0 Å². The second-order valence-electron chi connectivity index (χ2n) is 0.815. The minimum Gasteiger partial charge on any atom is -0.303 e. The molecule has 0 radical (unpaired) electrons. The van der Waals surface area contributed by atoms with Crippen molar-refractivity contribution in [3.8, 4) is 0 Å². The Morgan fingerprint density at radius 3 is 2.71 bits per heavy atom. The van der Waals surface area contributed by atoms with Crippen LogP contribution in [0.2, 0.25) is 0 Å². The highest BCUT2D eigenvalue weighted by Gasteiger charge is 1.86. The quantitative estimate of drug-likeness (QED) is 0.397. The molecule has 0 heterocycles. The monoisotopic (exact) mass is 118 g/mol.